The molecule has 0 unspecified atom stereocenters. The molecule has 1 fully saturated rings. The lowest BCUT2D eigenvalue weighted by Crippen LogP contribution is -2.21. The van der Waals surface area contributed by atoms with E-state index in [1.54, 1.807) is 23.7 Å². The van der Waals surface area contributed by atoms with Crippen LogP contribution in [0.5, 0.6) is 0 Å². The summed E-state index contributed by atoms with van der Waals surface area (Å²) in [7, 11) is 0. The van der Waals surface area contributed by atoms with Crippen molar-refractivity contribution < 1.29 is 18.7 Å². The van der Waals surface area contributed by atoms with Gasteiger partial charge in [0.2, 0.25) is 0 Å². The third-order valence-electron chi connectivity index (χ3n) is 4.54. The third-order valence-corrected chi connectivity index (χ3v) is 4.54. The van der Waals surface area contributed by atoms with Crippen LogP contribution in [0.3, 0.4) is 0 Å². The molecule has 1 saturated heterocycles. The van der Waals surface area contributed by atoms with Crippen molar-refractivity contribution >= 4 is 11.5 Å². The Kier molecular flexibility index (Phi) is 5.52. The lowest BCUT2D eigenvalue weighted by molar-refractivity contribution is 0.0526. The number of carbonyl (C=O) groups excluding carboxylic acids is 1. The Morgan fingerprint density at radius 2 is 2.15 bits per heavy atom. The molecule has 1 aliphatic heterocycles. The summed E-state index contributed by atoms with van der Waals surface area (Å²) in [5, 5.41) is 4.39. The van der Waals surface area contributed by atoms with E-state index in [0.717, 1.165) is 24.0 Å². The summed E-state index contributed by atoms with van der Waals surface area (Å²) in [5.41, 5.74) is 2.57. The molecule has 1 aromatic carbocycles. The van der Waals surface area contributed by atoms with Crippen LogP contribution in [0.2, 0.25) is 0 Å². The second-order valence-corrected chi connectivity index (χ2v) is 6.39. The van der Waals surface area contributed by atoms with Gasteiger partial charge in [0.05, 0.1) is 24.5 Å². The molecule has 5 nitrogen and oxygen atoms in total. The van der Waals surface area contributed by atoms with Gasteiger partial charge in [-0.25, -0.2) is 9.18 Å². The quantitative estimate of drug-likeness (QED) is 0.750. The van der Waals surface area contributed by atoms with Gasteiger partial charge in [-0.05, 0) is 44.4 Å². The van der Waals surface area contributed by atoms with Gasteiger partial charge in [0.15, 0.2) is 0 Å². The van der Waals surface area contributed by atoms with Crippen LogP contribution in [0.25, 0.3) is 16.8 Å². The van der Waals surface area contributed by atoms with Gasteiger partial charge in [0.1, 0.15) is 11.4 Å². The maximum atomic E-state index is 14.9. The van der Waals surface area contributed by atoms with E-state index >= 15 is 0 Å². The first-order valence-corrected chi connectivity index (χ1v) is 8.81. The fourth-order valence-electron chi connectivity index (χ4n) is 3.17. The molecule has 0 aliphatic carbocycles. The van der Waals surface area contributed by atoms with Crippen LogP contribution in [0.4, 0.5) is 4.39 Å². The Morgan fingerprint density at radius 3 is 2.77 bits per heavy atom. The number of aromatic nitrogens is 2. The summed E-state index contributed by atoms with van der Waals surface area (Å²) >= 11 is 0. The Morgan fingerprint density at radius 1 is 1.42 bits per heavy atom. The first-order chi connectivity index (χ1) is 12.5. The fourth-order valence-corrected chi connectivity index (χ4v) is 3.17. The van der Waals surface area contributed by atoms with Gasteiger partial charge in [-0.15, -0.1) is 0 Å². The van der Waals surface area contributed by atoms with Crippen LogP contribution in [-0.4, -0.2) is 35.6 Å². The molecule has 2 aromatic rings. The normalized spacial score (nSPS) is 15.0. The van der Waals surface area contributed by atoms with Crippen LogP contribution in [-0.2, 0) is 9.47 Å². The third kappa shape index (κ3) is 3.55. The predicted octanol–water partition coefficient (Wildman–Crippen LogP) is 4.25. The zero-order valence-electron chi connectivity index (χ0n) is 15.1. The highest BCUT2D eigenvalue weighted by molar-refractivity contribution is 5.96. The van der Waals surface area contributed by atoms with Crippen LogP contribution < -0.4 is 0 Å². The maximum Gasteiger partial charge on any atom is 0.341 e. The molecule has 2 heterocycles. The Labute approximate surface area is 152 Å². The molecular weight excluding hydrogens is 335 g/mol. The first-order valence-electron chi connectivity index (χ1n) is 8.81. The zero-order chi connectivity index (χ0) is 18.7. The molecule has 138 valence electrons. The smallest absolute Gasteiger partial charge is 0.341 e. The molecule has 0 radical (unpaired) electrons. The number of rotatable bonds is 5. The largest absolute Gasteiger partial charge is 0.462 e. The van der Waals surface area contributed by atoms with E-state index in [2.05, 4.69) is 11.7 Å². The number of nitrogens with zero attached hydrogens (tertiary/aromatic N) is 2. The summed E-state index contributed by atoms with van der Waals surface area (Å²) in [6.45, 7) is 8.90. The zero-order valence-corrected chi connectivity index (χ0v) is 15.1. The summed E-state index contributed by atoms with van der Waals surface area (Å²) in [4.78, 5) is 12.4. The van der Waals surface area contributed by atoms with E-state index in [0.29, 0.717) is 24.5 Å². The number of carbonyl (C=O) groups is 1. The molecule has 1 aromatic heterocycles. The molecule has 0 spiro atoms. The average molecular weight is 358 g/mol. The average Bonchev–Trinajstić information content (AvgIpc) is 3.07. The minimum atomic E-state index is -0.496. The van der Waals surface area contributed by atoms with Crippen LogP contribution in [0.1, 0.15) is 48.7 Å². The Balaban J connectivity index is 2.11. The van der Waals surface area contributed by atoms with Gasteiger partial charge in [-0.1, -0.05) is 18.2 Å². The fraction of sp³-hybridized carbons (Fsp3) is 0.400. The number of ether oxygens (including phenoxy) is 2. The molecule has 26 heavy (non-hydrogen) atoms. The van der Waals surface area contributed by atoms with Crippen molar-refractivity contribution in [3.05, 3.63) is 47.9 Å². The van der Waals surface area contributed by atoms with E-state index < -0.39 is 11.8 Å². The molecule has 0 N–H and O–H groups in total. The Bertz CT molecular complexity index is 822. The highest BCUT2D eigenvalue weighted by atomic mass is 19.1. The van der Waals surface area contributed by atoms with Gasteiger partial charge in [0.25, 0.3) is 0 Å². The first kappa shape index (κ1) is 18.3. The number of hydrogen-bond donors (Lipinski definition) is 0. The van der Waals surface area contributed by atoms with Gasteiger partial charge in [0, 0.05) is 18.8 Å². The number of allylic oxidation sites excluding steroid dienone is 1. The molecule has 0 atom stereocenters. The summed E-state index contributed by atoms with van der Waals surface area (Å²) in [5.74, 6) is -0.908. The molecular formula is C20H23FN2O3. The number of halogens is 1. The van der Waals surface area contributed by atoms with E-state index in [9.17, 15) is 9.18 Å². The number of esters is 1. The Hall–Kier alpha value is -2.47. The van der Waals surface area contributed by atoms with E-state index in [1.165, 1.54) is 12.3 Å². The van der Waals surface area contributed by atoms with Crippen LogP contribution >= 0.6 is 0 Å². The van der Waals surface area contributed by atoms with Crippen molar-refractivity contribution in [1.29, 1.82) is 0 Å². The monoisotopic (exact) mass is 358 g/mol. The van der Waals surface area contributed by atoms with Crippen LogP contribution in [0, 0.1) is 5.82 Å². The van der Waals surface area contributed by atoms with Crippen molar-refractivity contribution in [2.45, 2.75) is 32.7 Å². The molecule has 3 rings (SSSR count). The summed E-state index contributed by atoms with van der Waals surface area (Å²) in [6, 6.07) is 4.97. The number of benzene rings is 1. The second kappa shape index (κ2) is 7.83. The molecule has 0 amide bonds. The molecule has 0 saturated carbocycles. The summed E-state index contributed by atoms with van der Waals surface area (Å²) in [6.07, 6.45) is 3.00. The van der Waals surface area contributed by atoms with E-state index in [1.807, 2.05) is 6.92 Å². The van der Waals surface area contributed by atoms with Crippen LogP contribution in [0.15, 0.2) is 31.0 Å². The van der Waals surface area contributed by atoms with Crippen molar-refractivity contribution in [3.8, 4) is 11.3 Å². The topological polar surface area (TPSA) is 53.3 Å². The van der Waals surface area contributed by atoms with Gasteiger partial charge in [-0.2, -0.15) is 5.10 Å². The molecule has 1 aliphatic rings. The maximum absolute atomic E-state index is 14.9. The molecule has 0 bridgehead atoms. The van der Waals surface area contributed by atoms with Gasteiger partial charge in [-0.3, -0.25) is 4.68 Å². The van der Waals surface area contributed by atoms with Crippen molar-refractivity contribution in [2.24, 2.45) is 0 Å². The van der Waals surface area contributed by atoms with E-state index in [4.69, 9.17) is 9.47 Å². The van der Waals surface area contributed by atoms with Crippen molar-refractivity contribution in [1.82, 2.24) is 9.78 Å². The predicted molar refractivity (Wildman–Crippen MR) is 97.4 cm³/mol. The lowest BCUT2D eigenvalue weighted by Gasteiger charge is -2.24. The number of hydrogen-bond acceptors (Lipinski definition) is 4. The van der Waals surface area contributed by atoms with Gasteiger partial charge < -0.3 is 9.47 Å². The van der Waals surface area contributed by atoms with E-state index in [-0.39, 0.29) is 18.2 Å². The summed E-state index contributed by atoms with van der Waals surface area (Å²) < 4.78 is 27.2. The molecule has 6 heteroatoms. The van der Waals surface area contributed by atoms with Crippen molar-refractivity contribution in [2.75, 3.05) is 19.8 Å². The SMILES string of the molecule is C=C(C)c1ccc(-c2c(C(=O)OCC)cnn2C2CCOCC2)c(F)c1. The highest BCUT2D eigenvalue weighted by Crippen LogP contribution is 2.33. The minimum absolute atomic E-state index is 0.0575. The second-order valence-electron chi connectivity index (χ2n) is 6.39. The highest BCUT2D eigenvalue weighted by Gasteiger charge is 2.27. The van der Waals surface area contributed by atoms with Crippen molar-refractivity contribution in [3.63, 3.8) is 0 Å². The minimum Gasteiger partial charge on any atom is -0.462 e. The van der Waals surface area contributed by atoms with Gasteiger partial charge >= 0.3 is 5.97 Å². The lowest BCUT2D eigenvalue weighted by atomic mass is 10.0. The standard InChI is InChI=1S/C20H23FN2O3/c1-4-26-20(24)17-12-22-23(15-7-9-25-10-8-15)19(17)16-6-5-14(13(2)3)11-18(16)21/h5-6,11-12,15H,2,4,7-10H2,1,3H3.